The van der Waals surface area contributed by atoms with Gasteiger partial charge in [-0.05, 0) is 95.9 Å². The number of hydrogen-bond acceptors (Lipinski definition) is 2. The molecule has 5 heteroatoms. The van der Waals surface area contributed by atoms with Gasteiger partial charge in [0.25, 0.3) is 0 Å². The third-order valence-electron chi connectivity index (χ3n) is 10.3. The van der Waals surface area contributed by atoms with E-state index < -0.39 is 0 Å². The van der Waals surface area contributed by atoms with Crippen LogP contribution in [-0.2, 0) is 46.5 Å². The predicted molar refractivity (Wildman–Crippen MR) is 244 cm³/mol. The summed E-state index contributed by atoms with van der Waals surface area (Å²) in [5, 5.41) is 17.1. The number of nitrogens with zero attached hydrogens (tertiary/aromatic N) is 2. The molecule has 0 aromatic heterocycles. The molecular formula is C53H74N2O2Pd. The van der Waals surface area contributed by atoms with E-state index >= 15 is 0 Å². The molecule has 4 rings (SSSR count). The largest absolute Gasteiger partial charge is 0.392 e. The van der Waals surface area contributed by atoms with Crippen LogP contribution >= 0.6 is 0 Å². The van der Waals surface area contributed by atoms with Crippen molar-refractivity contribution >= 4 is 11.4 Å². The zero-order valence-corrected chi connectivity index (χ0v) is 37.9. The number of hydrogen-bond donors (Lipinski definition) is 2. The molecule has 0 fully saturated rings. The Bertz CT molecular complexity index is 1680. The first-order chi connectivity index (χ1) is 28.0. The molecule has 0 saturated heterocycles. The van der Waals surface area contributed by atoms with Crippen LogP contribution in [0.25, 0.3) is 11.1 Å². The van der Waals surface area contributed by atoms with E-state index in [2.05, 4.69) is 86.9 Å². The number of aryl methyl sites for hydroxylation is 2. The van der Waals surface area contributed by atoms with Gasteiger partial charge in [0.1, 0.15) is 0 Å². The Morgan fingerprint density at radius 2 is 0.897 bits per heavy atom. The van der Waals surface area contributed by atoms with Crippen LogP contribution in [0.3, 0.4) is 0 Å². The van der Waals surface area contributed by atoms with Crippen LogP contribution < -0.4 is 0 Å². The molecular weight excluding hydrogens is 803 g/mol. The Hall–Kier alpha value is -3.64. The molecule has 0 bridgehead atoms. The first kappa shape index (κ1) is 52.4. The molecule has 0 radical (unpaired) electrons. The van der Waals surface area contributed by atoms with Crippen LogP contribution in [0.2, 0.25) is 0 Å². The van der Waals surface area contributed by atoms with Crippen molar-refractivity contribution in [3.05, 3.63) is 159 Å². The molecule has 0 aliphatic rings. The topological polar surface area (TPSA) is 76.9 Å². The average molecular weight is 878 g/mol. The monoisotopic (exact) mass is 876 g/mol. The van der Waals surface area contributed by atoms with Crippen molar-refractivity contribution in [2.75, 3.05) is 0 Å². The van der Waals surface area contributed by atoms with Gasteiger partial charge in [0.2, 0.25) is 0 Å². The van der Waals surface area contributed by atoms with Crippen LogP contribution in [0, 0.1) is 0 Å². The minimum Gasteiger partial charge on any atom is -0.392 e. The Labute approximate surface area is 367 Å². The molecule has 0 saturated carbocycles. The summed E-state index contributed by atoms with van der Waals surface area (Å²) in [6, 6.07) is 37.5. The van der Waals surface area contributed by atoms with E-state index in [1.54, 1.807) is 0 Å². The van der Waals surface area contributed by atoms with E-state index in [4.69, 9.17) is 10.2 Å². The number of allylic oxidation sites excluding steroid dienone is 2. The van der Waals surface area contributed by atoms with Crippen molar-refractivity contribution in [2.45, 2.75) is 163 Å². The molecule has 0 unspecified atom stereocenters. The zero-order chi connectivity index (χ0) is 41.2. The van der Waals surface area contributed by atoms with E-state index in [-0.39, 0.29) is 33.6 Å². The maximum absolute atomic E-state index is 9.73. The summed E-state index contributed by atoms with van der Waals surface area (Å²) in [4.78, 5) is 3.49. The van der Waals surface area contributed by atoms with E-state index in [9.17, 15) is 5.53 Å². The van der Waals surface area contributed by atoms with Gasteiger partial charge in [-0.3, -0.25) is 0 Å². The number of aliphatic hydroxyl groups is 2. The number of aliphatic hydroxyl groups excluding tert-OH is 2. The summed E-state index contributed by atoms with van der Waals surface area (Å²) in [7, 11) is 0. The van der Waals surface area contributed by atoms with Gasteiger partial charge in [0.05, 0.1) is 18.8 Å². The standard InChI is InChI=1S/C39H58N2.2C7H8O.Pd/c1-5-9-13-15-16-19-29-38(37(32-41-40)26-17-11-7-3)39(35-27-20-24-33(30-35)22-12-8-4)36-28-21-25-34(31-36)23-18-14-10-6-2;2*8-6-7-4-2-1-3-5-7;/h20-21,24-25,27-28,30-31H,5-19,22-23,26,29H2,1-4H3;2*1-5,8H,6H2;. The van der Waals surface area contributed by atoms with Crippen LogP contribution in [0.1, 0.15) is 170 Å². The smallest absolute Gasteiger partial charge is 0.303 e. The van der Waals surface area contributed by atoms with E-state index in [1.807, 2.05) is 60.7 Å². The predicted octanol–water partition coefficient (Wildman–Crippen LogP) is 14.5. The van der Waals surface area contributed by atoms with Gasteiger partial charge in [0, 0.05) is 20.4 Å². The first-order valence-corrected chi connectivity index (χ1v) is 22.2. The summed E-state index contributed by atoms with van der Waals surface area (Å²) in [5.41, 5.74) is 20.8. The average Bonchev–Trinajstić information content (AvgIpc) is 3.26. The van der Waals surface area contributed by atoms with Gasteiger partial charge in [-0.2, -0.15) is 0 Å². The van der Waals surface area contributed by atoms with Crippen molar-refractivity contribution in [1.29, 1.82) is 0 Å². The molecule has 58 heavy (non-hydrogen) atoms. The second-order valence-electron chi connectivity index (χ2n) is 15.1. The summed E-state index contributed by atoms with van der Waals surface area (Å²) in [5.74, 6) is 3.07. The maximum Gasteiger partial charge on any atom is 0.303 e. The minimum atomic E-state index is 0. The Morgan fingerprint density at radius 3 is 1.36 bits per heavy atom. The molecule has 4 aromatic rings. The summed E-state index contributed by atoms with van der Waals surface area (Å²) in [6.45, 7) is 9.35. The van der Waals surface area contributed by atoms with Gasteiger partial charge < -0.3 is 15.7 Å². The Kier molecular flexibility index (Phi) is 31.9. The molecule has 0 heterocycles. The second kappa shape index (κ2) is 35.3. The van der Waals surface area contributed by atoms with Crippen LogP contribution in [-0.4, -0.2) is 20.9 Å². The van der Waals surface area contributed by atoms with Crippen molar-refractivity contribution in [3.8, 4) is 0 Å². The van der Waals surface area contributed by atoms with Gasteiger partial charge >= 0.3 is 5.87 Å². The van der Waals surface area contributed by atoms with Gasteiger partial charge in [0.15, 0.2) is 0 Å². The summed E-state index contributed by atoms with van der Waals surface area (Å²) >= 11 is 0. The minimum absolute atomic E-state index is 0. The first-order valence-electron chi connectivity index (χ1n) is 22.2. The molecule has 318 valence electrons. The molecule has 0 amide bonds. The fraction of sp³-hybridized carbons (Fsp3) is 0.472. The van der Waals surface area contributed by atoms with Crippen molar-refractivity contribution in [2.24, 2.45) is 0 Å². The Balaban J connectivity index is 0.000000809. The number of rotatable bonds is 24. The van der Waals surface area contributed by atoms with Crippen LogP contribution in [0.4, 0.5) is 0 Å². The molecule has 4 aromatic carbocycles. The summed E-state index contributed by atoms with van der Waals surface area (Å²) in [6.07, 6.45) is 22.7. The van der Waals surface area contributed by atoms with E-state index in [0.717, 1.165) is 55.2 Å². The molecule has 4 nitrogen and oxygen atoms in total. The SMILES string of the molecule is CCCCCCCCC(C(=C=[N+]=[N-])CCCCC)=C(c1cccc(CCCC)c1)c1cccc(CCCCCC)c1.OCc1ccccc1.OCc1ccccc1.[Pd]. The van der Waals surface area contributed by atoms with E-state index in [1.165, 1.54) is 117 Å². The van der Waals surface area contributed by atoms with Gasteiger partial charge in [-0.15, -0.1) is 4.79 Å². The summed E-state index contributed by atoms with van der Waals surface area (Å²) < 4.78 is 0. The van der Waals surface area contributed by atoms with Gasteiger partial charge in [-0.25, -0.2) is 0 Å². The molecule has 0 spiro atoms. The van der Waals surface area contributed by atoms with Crippen LogP contribution in [0.5, 0.6) is 0 Å². The van der Waals surface area contributed by atoms with Gasteiger partial charge in [-0.1, -0.05) is 208 Å². The number of benzene rings is 4. The van der Waals surface area contributed by atoms with Crippen molar-refractivity contribution < 1.29 is 35.4 Å². The van der Waals surface area contributed by atoms with Crippen molar-refractivity contribution in [1.82, 2.24) is 0 Å². The third kappa shape index (κ3) is 22.5. The molecule has 0 aliphatic heterocycles. The zero-order valence-electron chi connectivity index (χ0n) is 36.3. The third-order valence-corrected chi connectivity index (χ3v) is 10.3. The van der Waals surface area contributed by atoms with Crippen LogP contribution in [0.15, 0.2) is 120 Å². The van der Waals surface area contributed by atoms with Crippen molar-refractivity contribution in [3.63, 3.8) is 0 Å². The normalized spacial score (nSPS) is 10.7. The fourth-order valence-electron chi connectivity index (χ4n) is 6.98. The Morgan fingerprint density at radius 1 is 0.483 bits per heavy atom. The maximum atomic E-state index is 9.73. The second-order valence-corrected chi connectivity index (χ2v) is 15.1. The van der Waals surface area contributed by atoms with E-state index in [0.29, 0.717) is 0 Å². The number of unbranched alkanes of at least 4 members (excludes halogenated alkanes) is 11. The quantitative estimate of drug-likeness (QED) is 0.0184. The molecule has 0 aliphatic carbocycles. The fourth-order valence-corrected chi connectivity index (χ4v) is 6.98. The molecule has 2 N–H and O–H groups in total. The molecule has 0 atom stereocenters.